The summed E-state index contributed by atoms with van der Waals surface area (Å²) >= 11 is 0. The van der Waals surface area contributed by atoms with Crippen LogP contribution in [0.1, 0.15) is 54.7 Å². The van der Waals surface area contributed by atoms with Crippen molar-refractivity contribution in [2.75, 3.05) is 14.2 Å². The summed E-state index contributed by atoms with van der Waals surface area (Å²) < 4.78 is 11.4. The maximum atomic E-state index is 5.72. The molecule has 0 spiro atoms. The van der Waals surface area contributed by atoms with Gasteiger partial charge >= 0.3 is 0 Å². The second kappa shape index (κ2) is 8.05. The number of benzene rings is 2. The fraction of sp³-hybridized carbons (Fsp3) is 0.364. The minimum Gasteiger partial charge on any atom is -0.496 e. The Hall–Kier alpha value is -2.22. The molecule has 2 aromatic carbocycles. The molecule has 0 bridgehead atoms. The second-order valence-electron chi connectivity index (χ2n) is 6.42. The minimum absolute atomic E-state index is 0.552. The summed E-state index contributed by atoms with van der Waals surface area (Å²) in [6.07, 6.45) is 10.6. The van der Waals surface area contributed by atoms with Crippen molar-refractivity contribution in [3.05, 3.63) is 59.2 Å². The molecule has 2 heteroatoms. The van der Waals surface area contributed by atoms with Crippen LogP contribution in [0.2, 0.25) is 0 Å². The van der Waals surface area contributed by atoms with Crippen molar-refractivity contribution in [1.82, 2.24) is 0 Å². The summed E-state index contributed by atoms with van der Waals surface area (Å²) in [6.45, 7) is 0. The first-order chi connectivity index (χ1) is 11.8. The molecule has 0 aromatic heterocycles. The monoisotopic (exact) mass is 322 g/mol. The molecule has 1 aliphatic carbocycles. The molecule has 1 fully saturated rings. The highest BCUT2D eigenvalue weighted by Crippen LogP contribution is 2.43. The maximum absolute atomic E-state index is 5.72. The van der Waals surface area contributed by atoms with Crippen molar-refractivity contribution >= 4 is 12.2 Å². The first-order valence-electron chi connectivity index (χ1n) is 8.81. The first kappa shape index (κ1) is 16.6. The van der Waals surface area contributed by atoms with Gasteiger partial charge in [0.25, 0.3) is 0 Å². The molecule has 1 aliphatic rings. The molecule has 0 radical (unpaired) electrons. The van der Waals surface area contributed by atoms with Gasteiger partial charge in [-0.1, -0.05) is 61.7 Å². The zero-order valence-electron chi connectivity index (χ0n) is 14.6. The Labute approximate surface area is 145 Å². The predicted molar refractivity (Wildman–Crippen MR) is 101 cm³/mol. The summed E-state index contributed by atoms with van der Waals surface area (Å²) in [4.78, 5) is 0. The Morgan fingerprint density at radius 1 is 0.792 bits per heavy atom. The molecule has 0 amide bonds. The Morgan fingerprint density at radius 3 is 1.96 bits per heavy atom. The van der Waals surface area contributed by atoms with Crippen LogP contribution in [0.3, 0.4) is 0 Å². The zero-order chi connectivity index (χ0) is 16.8. The number of methoxy groups -OCH3 is 2. The molecule has 0 heterocycles. The third-order valence-electron chi connectivity index (χ3n) is 4.85. The topological polar surface area (TPSA) is 18.5 Å². The van der Waals surface area contributed by atoms with Crippen molar-refractivity contribution in [2.24, 2.45) is 0 Å². The van der Waals surface area contributed by atoms with Gasteiger partial charge in [0.1, 0.15) is 11.5 Å². The van der Waals surface area contributed by atoms with E-state index in [0.29, 0.717) is 5.92 Å². The van der Waals surface area contributed by atoms with Gasteiger partial charge in [-0.05, 0) is 42.0 Å². The predicted octanol–water partition coefficient (Wildman–Crippen LogP) is 5.92. The van der Waals surface area contributed by atoms with Gasteiger partial charge in [0.05, 0.1) is 14.2 Å². The largest absolute Gasteiger partial charge is 0.496 e. The van der Waals surface area contributed by atoms with E-state index in [2.05, 4.69) is 36.4 Å². The molecule has 0 unspecified atom stereocenters. The Morgan fingerprint density at radius 2 is 1.38 bits per heavy atom. The van der Waals surface area contributed by atoms with E-state index in [4.69, 9.17) is 9.47 Å². The van der Waals surface area contributed by atoms with Gasteiger partial charge < -0.3 is 9.47 Å². The van der Waals surface area contributed by atoms with E-state index in [9.17, 15) is 0 Å². The minimum atomic E-state index is 0.552. The van der Waals surface area contributed by atoms with Gasteiger partial charge in [-0.15, -0.1) is 0 Å². The van der Waals surface area contributed by atoms with Crippen LogP contribution < -0.4 is 9.47 Å². The number of rotatable bonds is 5. The molecule has 2 nitrogen and oxygen atoms in total. The first-order valence-corrected chi connectivity index (χ1v) is 8.81. The quantitative estimate of drug-likeness (QED) is 0.636. The van der Waals surface area contributed by atoms with Crippen molar-refractivity contribution < 1.29 is 9.47 Å². The molecule has 126 valence electrons. The number of ether oxygens (including phenoxy) is 2. The molecule has 0 N–H and O–H groups in total. The normalized spacial score (nSPS) is 15.6. The Balaban J connectivity index is 1.93. The molecule has 2 aromatic rings. The molecule has 1 saturated carbocycles. The van der Waals surface area contributed by atoms with Crippen LogP contribution in [0, 0.1) is 0 Å². The summed E-state index contributed by atoms with van der Waals surface area (Å²) in [5, 5.41) is 0. The fourth-order valence-electron chi connectivity index (χ4n) is 3.61. The van der Waals surface area contributed by atoms with Crippen LogP contribution in [0.15, 0.2) is 42.5 Å². The van der Waals surface area contributed by atoms with Crippen molar-refractivity contribution in [3.8, 4) is 11.5 Å². The standard InChI is InChI=1S/C22H26O2/c1-23-20-15-18(14-13-17-9-5-3-6-10-17)16-21(24-2)22(20)19-11-7-4-8-12-19/h3,5-6,9-10,13-16,19H,4,7-8,11-12H2,1-2H3. The van der Waals surface area contributed by atoms with Crippen molar-refractivity contribution in [1.29, 1.82) is 0 Å². The number of hydrogen-bond donors (Lipinski definition) is 0. The zero-order valence-corrected chi connectivity index (χ0v) is 14.6. The molecule has 24 heavy (non-hydrogen) atoms. The average Bonchev–Trinajstić information content (AvgIpc) is 2.67. The summed E-state index contributed by atoms with van der Waals surface area (Å²) in [7, 11) is 3.51. The summed E-state index contributed by atoms with van der Waals surface area (Å²) in [6, 6.07) is 14.6. The van der Waals surface area contributed by atoms with Crippen LogP contribution in [-0.2, 0) is 0 Å². The summed E-state index contributed by atoms with van der Waals surface area (Å²) in [5.74, 6) is 2.46. The van der Waals surface area contributed by atoms with E-state index in [1.54, 1.807) is 14.2 Å². The molecular formula is C22H26O2. The SMILES string of the molecule is COc1cc(C=Cc2ccccc2)cc(OC)c1C1CCCCC1. The van der Waals surface area contributed by atoms with E-state index in [0.717, 1.165) is 17.1 Å². The number of hydrogen-bond acceptors (Lipinski definition) is 2. The summed E-state index contributed by atoms with van der Waals surface area (Å²) in [5.41, 5.74) is 3.54. The highest BCUT2D eigenvalue weighted by Gasteiger charge is 2.23. The lowest BCUT2D eigenvalue weighted by molar-refractivity contribution is 0.359. The van der Waals surface area contributed by atoms with Gasteiger partial charge in [0, 0.05) is 5.56 Å². The smallest absolute Gasteiger partial charge is 0.126 e. The van der Waals surface area contributed by atoms with E-state index < -0.39 is 0 Å². The molecule has 3 rings (SSSR count). The van der Waals surface area contributed by atoms with E-state index in [1.807, 2.05) is 18.2 Å². The fourth-order valence-corrected chi connectivity index (χ4v) is 3.61. The van der Waals surface area contributed by atoms with Crippen LogP contribution in [0.25, 0.3) is 12.2 Å². The lowest BCUT2D eigenvalue weighted by Gasteiger charge is -2.26. The van der Waals surface area contributed by atoms with Crippen LogP contribution in [-0.4, -0.2) is 14.2 Å². The van der Waals surface area contributed by atoms with Gasteiger partial charge in [-0.3, -0.25) is 0 Å². The van der Waals surface area contributed by atoms with E-state index in [-0.39, 0.29) is 0 Å². The Kier molecular flexibility index (Phi) is 5.58. The van der Waals surface area contributed by atoms with Gasteiger partial charge in [-0.2, -0.15) is 0 Å². The second-order valence-corrected chi connectivity index (χ2v) is 6.42. The van der Waals surface area contributed by atoms with Gasteiger partial charge in [0.2, 0.25) is 0 Å². The maximum Gasteiger partial charge on any atom is 0.126 e. The highest BCUT2D eigenvalue weighted by atomic mass is 16.5. The van der Waals surface area contributed by atoms with E-state index >= 15 is 0 Å². The average molecular weight is 322 g/mol. The molecular weight excluding hydrogens is 296 g/mol. The third-order valence-corrected chi connectivity index (χ3v) is 4.85. The van der Waals surface area contributed by atoms with Crippen LogP contribution >= 0.6 is 0 Å². The Bertz CT molecular complexity index is 657. The van der Waals surface area contributed by atoms with E-state index in [1.165, 1.54) is 43.2 Å². The highest BCUT2D eigenvalue weighted by molar-refractivity contribution is 5.72. The molecule has 0 aliphatic heterocycles. The third kappa shape index (κ3) is 3.81. The van der Waals surface area contributed by atoms with Gasteiger partial charge in [0.15, 0.2) is 0 Å². The molecule has 0 saturated heterocycles. The lowest BCUT2D eigenvalue weighted by atomic mass is 9.82. The lowest BCUT2D eigenvalue weighted by Crippen LogP contribution is -2.08. The molecule has 0 atom stereocenters. The van der Waals surface area contributed by atoms with Crippen LogP contribution in [0.5, 0.6) is 11.5 Å². The van der Waals surface area contributed by atoms with Gasteiger partial charge in [-0.25, -0.2) is 0 Å². The van der Waals surface area contributed by atoms with Crippen LogP contribution in [0.4, 0.5) is 0 Å². The van der Waals surface area contributed by atoms with Crippen molar-refractivity contribution in [3.63, 3.8) is 0 Å². The van der Waals surface area contributed by atoms with Crippen molar-refractivity contribution in [2.45, 2.75) is 38.0 Å².